The van der Waals surface area contributed by atoms with Gasteiger partial charge in [0.2, 0.25) is 5.78 Å². The van der Waals surface area contributed by atoms with Crippen LogP contribution in [0.1, 0.15) is 19.3 Å². The topological polar surface area (TPSA) is 34.7 Å². The molecule has 5 nitrogen and oxygen atoms in total. The standard InChI is InChI=1S/C23H26N4O/c1-28-19-11-9-18(10-12-19)22-17-27-21-8-3-2-7-20(21)24-23(27)26(22)16-6-15-25-13-4-5-14-25/h2-3,7-12,17H,4-6,13-16H2,1H3. The summed E-state index contributed by atoms with van der Waals surface area (Å²) in [4.78, 5) is 7.51. The van der Waals surface area contributed by atoms with Crippen LogP contribution in [-0.4, -0.2) is 45.6 Å². The van der Waals surface area contributed by atoms with Crippen molar-refractivity contribution < 1.29 is 4.74 Å². The molecule has 28 heavy (non-hydrogen) atoms. The molecule has 0 saturated carbocycles. The number of imidazole rings is 2. The fourth-order valence-electron chi connectivity index (χ4n) is 4.32. The molecule has 0 amide bonds. The van der Waals surface area contributed by atoms with E-state index in [0.29, 0.717) is 0 Å². The van der Waals surface area contributed by atoms with Gasteiger partial charge in [-0.3, -0.25) is 4.40 Å². The van der Waals surface area contributed by atoms with Gasteiger partial charge in [0, 0.05) is 18.3 Å². The van der Waals surface area contributed by atoms with Crippen LogP contribution in [0.4, 0.5) is 0 Å². The molecule has 5 rings (SSSR count). The molecule has 5 heteroatoms. The fraction of sp³-hybridized carbons (Fsp3) is 0.348. The Hall–Kier alpha value is -2.79. The Morgan fingerprint density at radius 2 is 1.75 bits per heavy atom. The first-order valence-corrected chi connectivity index (χ1v) is 10.2. The van der Waals surface area contributed by atoms with E-state index in [4.69, 9.17) is 9.72 Å². The van der Waals surface area contributed by atoms with Crippen LogP contribution in [0.25, 0.3) is 28.1 Å². The lowest BCUT2D eigenvalue weighted by Gasteiger charge is -2.15. The molecule has 1 saturated heterocycles. The molecule has 1 aliphatic rings. The van der Waals surface area contributed by atoms with Gasteiger partial charge in [-0.15, -0.1) is 0 Å². The van der Waals surface area contributed by atoms with Crippen LogP contribution in [0.3, 0.4) is 0 Å². The highest BCUT2D eigenvalue weighted by atomic mass is 16.5. The van der Waals surface area contributed by atoms with Crippen LogP contribution >= 0.6 is 0 Å². The summed E-state index contributed by atoms with van der Waals surface area (Å²) in [6.07, 6.45) is 6.05. The summed E-state index contributed by atoms with van der Waals surface area (Å²) >= 11 is 0. The number of ether oxygens (including phenoxy) is 1. The van der Waals surface area contributed by atoms with Gasteiger partial charge in [-0.05, 0) is 75.3 Å². The number of rotatable bonds is 6. The Morgan fingerprint density at radius 3 is 2.54 bits per heavy atom. The van der Waals surface area contributed by atoms with Crippen LogP contribution < -0.4 is 4.74 Å². The lowest BCUT2D eigenvalue weighted by atomic mass is 10.1. The molecule has 0 spiro atoms. The molecular weight excluding hydrogens is 348 g/mol. The van der Waals surface area contributed by atoms with Crippen molar-refractivity contribution in [3.8, 4) is 17.0 Å². The molecule has 3 heterocycles. The highest BCUT2D eigenvalue weighted by Gasteiger charge is 2.16. The van der Waals surface area contributed by atoms with Gasteiger partial charge in [-0.25, -0.2) is 4.98 Å². The Bertz CT molecular complexity index is 1090. The summed E-state index contributed by atoms with van der Waals surface area (Å²) in [5.41, 5.74) is 4.60. The minimum Gasteiger partial charge on any atom is -0.497 e. The maximum absolute atomic E-state index is 5.33. The van der Waals surface area contributed by atoms with Gasteiger partial charge in [-0.2, -0.15) is 0 Å². The first kappa shape index (κ1) is 17.3. The van der Waals surface area contributed by atoms with Gasteiger partial charge in [0.15, 0.2) is 0 Å². The summed E-state index contributed by atoms with van der Waals surface area (Å²) in [5, 5.41) is 0. The maximum Gasteiger partial charge on any atom is 0.215 e. The quantitative estimate of drug-likeness (QED) is 0.500. The number of para-hydroxylation sites is 2. The lowest BCUT2D eigenvalue weighted by Crippen LogP contribution is -2.21. The van der Waals surface area contributed by atoms with Crippen molar-refractivity contribution in [3.05, 3.63) is 54.7 Å². The van der Waals surface area contributed by atoms with Gasteiger partial charge < -0.3 is 14.2 Å². The second-order valence-electron chi connectivity index (χ2n) is 7.57. The largest absolute Gasteiger partial charge is 0.497 e. The van der Waals surface area contributed by atoms with Crippen LogP contribution in [0, 0.1) is 0 Å². The Balaban J connectivity index is 1.54. The summed E-state index contributed by atoms with van der Waals surface area (Å²) < 4.78 is 9.93. The van der Waals surface area contributed by atoms with Crippen LogP contribution in [-0.2, 0) is 6.54 Å². The first-order valence-electron chi connectivity index (χ1n) is 10.2. The molecule has 0 bridgehead atoms. The summed E-state index contributed by atoms with van der Waals surface area (Å²) in [5.74, 6) is 1.90. The van der Waals surface area contributed by atoms with E-state index in [1.54, 1.807) is 7.11 Å². The predicted molar refractivity (Wildman–Crippen MR) is 113 cm³/mol. The molecule has 144 valence electrons. The number of aryl methyl sites for hydroxylation is 1. The van der Waals surface area contributed by atoms with E-state index in [0.717, 1.165) is 42.1 Å². The number of aromatic nitrogens is 3. The van der Waals surface area contributed by atoms with Gasteiger partial charge in [0.25, 0.3) is 0 Å². The van der Waals surface area contributed by atoms with E-state index in [9.17, 15) is 0 Å². The average molecular weight is 374 g/mol. The van der Waals surface area contributed by atoms with Crippen molar-refractivity contribution in [2.45, 2.75) is 25.8 Å². The van der Waals surface area contributed by atoms with Crippen molar-refractivity contribution in [1.82, 2.24) is 18.9 Å². The van der Waals surface area contributed by atoms with Crippen LogP contribution in [0.5, 0.6) is 5.75 Å². The van der Waals surface area contributed by atoms with Crippen molar-refractivity contribution in [3.63, 3.8) is 0 Å². The van der Waals surface area contributed by atoms with Crippen molar-refractivity contribution in [2.24, 2.45) is 0 Å². The highest BCUT2D eigenvalue weighted by Crippen LogP contribution is 2.28. The molecule has 2 aromatic carbocycles. The third-order valence-electron chi connectivity index (χ3n) is 5.80. The molecule has 1 fully saturated rings. The van der Waals surface area contributed by atoms with E-state index in [-0.39, 0.29) is 0 Å². The minimum absolute atomic E-state index is 0.881. The maximum atomic E-state index is 5.33. The summed E-state index contributed by atoms with van der Waals surface area (Å²) in [6, 6.07) is 16.7. The lowest BCUT2D eigenvalue weighted by molar-refractivity contribution is 0.326. The number of hydrogen-bond acceptors (Lipinski definition) is 3. The number of hydrogen-bond donors (Lipinski definition) is 0. The Kier molecular flexibility index (Phi) is 4.53. The van der Waals surface area contributed by atoms with Gasteiger partial charge in [-0.1, -0.05) is 12.1 Å². The van der Waals surface area contributed by atoms with E-state index in [1.165, 1.54) is 37.2 Å². The average Bonchev–Trinajstić information content (AvgIpc) is 3.45. The second-order valence-corrected chi connectivity index (χ2v) is 7.57. The van der Waals surface area contributed by atoms with E-state index >= 15 is 0 Å². The number of nitrogens with zero attached hydrogens (tertiary/aromatic N) is 4. The van der Waals surface area contributed by atoms with Gasteiger partial charge >= 0.3 is 0 Å². The third kappa shape index (κ3) is 3.06. The van der Waals surface area contributed by atoms with Crippen LogP contribution in [0.15, 0.2) is 54.7 Å². The predicted octanol–water partition coefficient (Wildman–Crippen LogP) is 4.45. The molecule has 0 atom stereocenters. The highest BCUT2D eigenvalue weighted by molar-refractivity contribution is 5.81. The molecular formula is C23H26N4O. The third-order valence-corrected chi connectivity index (χ3v) is 5.80. The molecule has 0 radical (unpaired) electrons. The van der Waals surface area contributed by atoms with Gasteiger partial charge in [0.1, 0.15) is 5.75 Å². The first-order chi connectivity index (χ1) is 13.8. The van der Waals surface area contributed by atoms with Crippen molar-refractivity contribution in [1.29, 1.82) is 0 Å². The van der Waals surface area contributed by atoms with Crippen molar-refractivity contribution >= 4 is 16.8 Å². The minimum atomic E-state index is 0.881. The smallest absolute Gasteiger partial charge is 0.215 e. The zero-order valence-corrected chi connectivity index (χ0v) is 16.3. The molecule has 0 unspecified atom stereocenters. The molecule has 4 aromatic rings. The van der Waals surface area contributed by atoms with E-state index < -0.39 is 0 Å². The monoisotopic (exact) mass is 374 g/mol. The van der Waals surface area contributed by atoms with Gasteiger partial charge in [0.05, 0.1) is 23.8 Å². The Labute approximate surface area is 165 Å². The molecule has 0 N–H and O–H groups in total. The summed E-state index contributed by atoms with van der Waals surface area (Å²) in [7, 11) is 1.70. The number of likely N-dealkylation sites (tertiary alicyclic amines) is 1. The zero-order chi connectivity index (χ0) is 18.9. The van der Waals surface area contributed by atoms with Crippen LogP contribution in [0.2, 0.25) is 0 Å². The molecule has 0 aliphatic carbocycles. The van der Waals surface area contributed by atoms with Crippen molar-refractivity contribution in [2.75, 3.05) is 26.7 Å². The second kappa shape index (κ2) is 7.32. The Morgan fingerprint density at radius 1 is 0.964 bits per heavy atom. The number of benzene rings is 2. The van der Waals surface area contributed by atoms with E-state index in [1.807, 2.05) is 12.1 Å². The molecule has 1 aliphatic heterocycles. The SMILES string of the molecule is COc1ccc(-c2cn3c4ccccc4nc3n2CCCN2CCCC2)cc1. The normalized spacial score (nSPS) is 15.0. The number of fused-ring (bicyclic) bond motifs is 3. The molecule has 2 aromatic heterocycles. The zero-order valence-electron chi connectivity index (χ0n) is 16.3. The number of methoxy groups -OCH3 is 1. The fourth-order valence-corrected chi connectivity index (χ4v) is 4.32. The van der Waals surface area contributed by atoms with E-state index in [2.05, 4.69) is 56.5 Å². The summed E-state index contributed by atoms with van der Waals surface area (Å²) in [6.45, 7) is 4.63.